The van der Waals surface area contributed by atoms with E-state index in [1.54, 1.807) is 0 Å². The quantitative estimate of drug-likeness (QED) is 0.592. The second-order valence-electron chi connectivity index (χ2n) is 4.59. The highest BCUT2D eigenvalue weighted by molar-refractivity contribution is 5.67. The molecule has 1 aliphatic rings. The topological polar surface area (TPSA) is 69.6 Å². The van der Waals surface area contributed by atoms with E-state index in [1.165, 1.54) is 19.3 Å². The lowest BCUT2D eigenvalue weighted by Gasteiger charge is -2.41. The molecule has 1 fully saturated rings. The van der Waals surface area contributed by atoms with Crippen molar-refractivity contribution in [2.24, 2.45) is 5.41 Å². The Labute approximate surface area is 90.7 Å². The third-order valence-corrected chi connectivity index (χ3v) is 3.45. The van der Waals surface area contributed by atoms with Gasteiger partial charge in [-0.15, -0.1) is 0 Å². The van der Waals surface area contributed by atoms with Gasteiger partial charge in [0.15, 0.2) is 0 Å². The minimum absolute atomic E-state index is 0.174. The van der Waals surface area contributed by atoms with Crippen LogP contribution in [0.5, 0.6) is 0 Å². The lowest BCUT2D eigenvalue weighted by molar-refractivity contribution is -0.139. The number of aliphatic hydroxyl groups excluding tert-OH is 1. The summed E-state index contributed by atoms with van der Waals surface area (Å²) in [7, 11) is 0. The van der Waals surface area contributed by atoms with Gasteiger partial charge in [0.25, 0.3) is 0 Å². The van der Waals surface area contributed by atoms with Crippen molar-refractivity contribution in [1.29, 1.82) is 0 Å². The molecule has 1 aliphatic carbocycles. The molecule has 0 spiro atoms. The summed E-state index contributed by atoms with van der Waals surface area (Å²) in [6, 6.07) is 0. The van der Waals surface area contributed by atoms with Crippen molar-refractivity contribution in [2.75, 3.05) is 13.1 Å². The molecular weight excluding hydrogens is 194 g/mol. The Morgan fingerprint density at radius 1 is 1.53 bits per heavy atom. The van der Waals surface area contributed by atoms with E-state index in [0.29, 0.717) is 12.0 Å². The van der Waals surface area contributed by atoms with E-state index in [9.17, 15) is 9.90 Å². The summed E-state index contributed by atoms with van der Waals surface area (Å²) >= 11 is 0. The van der Waals surface area contributed by atoms with E-state index in [4.69, 9.17) is 5.11 Å². The molecule has 15 heavy (non-hydrogen) atoms. The molecule has 4 heteroatoms. The van der Waals surface area contributed by atoms with Crippen molar-refractivity contribution < 1.29 is 15.0 Å². The van der Waals surface area contributed by atoms with Crippen molar-refractivity contribution in [3.63, 3.8) is 0 Å². The maximum atomic E-state index is 10.3. The molecule has 0 radical (unpaired) electrons. The van der Waals surface area contributed by atoms with Crippen LogP contribution in [0.4, 0.5) is 0 Å². The lowest BCUT2D eigenvalue weighted by atomic mass is 9.67. The van der Waals surface area contributed by atoms with Crippen molar-refractivity contribution >= 4 is 5.97 Å². The average Bonchev–Trinajstić information content (AvgIpc) is 2.08. The smallest absolute Gasteiger partial charge is 0.306 e. The summed E-state index contributed by atoms with van der Waals surface area (Å²) in [5, 5.41) is 21.0. The predicted octanol–water partition coefficient (Wildman–Crippen LogP) is 0.992. The number of carbonyl (C=O) groups is 1. The number of carboxylic acid groups (broad SMARTS) is 1. The number of aliphatic carboxylic acids is 1. The van der Waals surface area contributed by atoms with E-state index in [-0.39, 0.29) is 6.42 Å². The average molecular weight is 215 g/mol. The Kier molecular flexibility index (Phi) is 4.54. The molecule has 0 heterocycles. The fourth-order valence-electron chi connectivity index (χ4n) is 2.11. The maximum Gasteiger partial charge on any atom is 0.306 e. The number of nitrogens with one attached hydrogen (secondary N) is 1. The van der Waals surface area contributed by atoms with Crippen LogP contribution in [0, 0.1) is 5.41 Å². The molecule has 1 unspecified atom stereocenters. The van der Waals surface area contributed by atoms with Crippen LogP contribution in [0.1, 0.15) is 39.0 Å². The van der Waals surface area contributed by atoms with Gasteiger partial charge < -0.3 is 15.5 Å². The standard InChI is InChI=1S/C11H21NO3/c1-2-11(4-3-5-11)8-12-7-9(13)6-10(14)15/h9,12-13H,2-8H2,1H3,(H,14,15). The molecule has 0 bridgehead atoms. The summed E-state index contributed by atoms with van der Waals surface area (Å²) in [4.78, 5) is 10.3. The summed E-state index contributed by atoms with van der Waals surface area (Å²) in [5.41, 5.74) is 0.420. The van der Waals surface area contributed by atoms with Gasteiger partial charge in [0.05, 0.1) is 12.5 Å². The SMILES string of the molecule is CCC1(CNCC(O)CC(=O)O)CCC1. The molecule has 0 aromatic carbocycles. The molecule has 0 amide bonds. The Balaban J connectivity index is 2.12. The van der Waals surface area contributed by atoms with Crippen LogP contribution in [0.3, 0.4) is 0 Å². The molecule has 0 aliphatic heterocycles. The zero-order valence-electron chi connectivity index (χ0n) is 9.33. The highest BCUT2D eigenvalue weighted by Gasteiger charge is 2.34. The monoisotopic (exact) mass is 215 g/mol. The molecule has 3 N–H and O–H groups in total. The fraction of sp³-hybridized carbons (Fsp3) is 0.909. The van der Waals surface area contributed by atoms with E-state index in [0.717, 1.165) is 13.0 Å². The molecule has 88 valence electrons. The highest BCUT2D eigenvalue weighted by atomic mass is 16.4. The third kappa shape index (κ3) is 3.80. The van der Waals surface area contributed by atoms with Crippen LogP contribution < -0.4 is 5.32 Å². The summed E-state index contributed by atoms with van der Waals surface area (Å²) in [6.45, 7) is 3.47. The third-order valence-electron chi connectivity index (χ3n) is 3.45. The summed E-state index contributed by atoms with van der Waals surface area (Å²) < 4.78 is 0. The van der Waals surface area contributed by atoms with Gasteiger partial charge in [-0.3, -0.25) is 4.79 Å². The normalized spacial score (nSPS) is 20.7. The van der Waals surface area contributed by atoms with E-state index >= 15 is 0 Å². The Hall–Kier alpha value is -0.610. The van der Waals surface area contributed by atoms with Crippen LogP contribution in [-0.4, -0.2) is 35.4 Å². The first kappa shape index (κ1) is 12.5. The number of rotatable bonds is 7. The Bertz CT molecular complexity index is 208. The van der Waals surface area contributed by atoms with Crippen LogP contribution in [0.2, 0.25) is 0 Å². The first-order valence-corrected chi connectivity index (χ1v) is 5.68. The summed E-state index contributed by atoms with van der Waals surface area (Å²) in [5.74, 6) is -0.946. The van der Waals surface area contributed by atoms with Crippen LogP contribution in [-0.2, 0) is 4.79 Å². The number of carboxylic acids is 1. The number of hydrogen-bond acceptors (Lipinski definition) is 3. The van der Waals surface area contributed by atoms with Gasteiger partial charge in [0, 0.05) is 13.1 Å². The van der Waals surface area contributed by atoms with Crippen molar-refractivity contribution in [3.05, 3.63) is 0 Å². The van der Waals surface area contributed by atoms with E-state index in [1.807, 2.05) is 0 Å². The van der Waals surface area contributed by atoms with E-state index in [2.05, 4.69) is 12.2 Å². The minimum atomic E-state index is -0.946. The molecule has 4 nitrogen and oxygen atoms in total. The highest BCUT2D eigenvalue weighted by Crippen LogP contribution is 2.42. The molecular formula is C11H21NO3. The van der Waals surface area contributed by atoms with Gasteiger partial charge in [-0.25, -0.2) is 0 Å². The van der Waals surface area contributed by atoms with Crippen LogP contribution in [0.15, 0.2) is 0 Å². The first-order chi connectivity index (χ1) is 7.08. The van der Waals surface area contributed by atoms with Gasteiger partial charge in [-0.05, 0) is 24.7 Å². The van der Waals surface area contributed by atoms with Crippen molar-refractivity contribution in [2.45, 2.75) is 45.1 Å². The molecule has 1 rings (SSSR count). The van der Waals surface area contributed by atoms with Gasteiger partial charge in [-0.1, -0.05) is 13.3 Å². The van der Waals surface area contributed by atoms with E-state index < -0.39 is 12.1 Å². The molecule has 0 aromatic heterocycles. The van der Waals surface area contributed by atoms with Gasteiger partial charge in [0.2, 0.25) is 0 Å². The van der Waals surface area contributed by atoms with Crippen LogP contribution in [0.25, 0.3) is 0 Å². The zero-order chi connectivity index (χ0) is 11.3. The summed E-state index contributed by atoms with van der Waals surface area (Å²) in [6.07, 6.45) is 4.03. The largest absolute Gasteiger partial charge is 0.481 e. The predicted molar refractivity (Wildman–Crippen MR) is 57.7 cm³/mol. The number of aliphatic hydroxyl groups is 1. The number of hydrogen-bond donors (Lipinski definition) is 3. The second kappa shape index (κ2) is 5.47. The second-order valence-corrected chi connectivity index (χ2v) is 4.59. The molecule has 1 saturated carbocycles. The zero-order valence-corrected chi connectivity index (χ0v) is 9.33. The van der Waals surface area contributed by atoms with Gasteiger partial charge >= 0.3 is 5.97 Å². The molecule has 0 saturated heterocycles. The lowest BCUT2D eigenvalue weighted by Crippen LogP contribution is -2.42. The van der Waals surface area contributed by atoms with Crippen molar-refractivity contribution in [1.82, 2.24) is 5.32 Å². The minimum Gasteiger partial charge on any atom is -0.481 e. The van der Waals surface area contributed by atoms with Gasteiger partial charge in [-0.2, -0.15) is 0 Å². The maximum absolute atomic E-state index is 10.3. The van der Waals surface area contributed by atoms with Crippen molar-refractivity contribution in [3.8, 4) is 0 Å². The molecule has 0 aromatic rings. The fourth-order valence-corrected chi connectivity index (χ4v) is 2.11. The van der Waals surface area contributed by atoms with Crippen LogP contribution >= 0.6 is 0 Å². The Morgan fingerprint density at radius 2 is 2.20 bits per heavy atom. The van der Waals surface area contributed by atoms with Gasteiger partial charge in [0.1, 0.15) is 0 Å². The molecule has 1 atom stereocenters. The first-order valence-electron chi connectivity index (χ1n) is 5.68. The Morgan fingerprint density at radius 3 is 2.60 bits per heavy atom.